The average molecular weight is 251 g/mol. The Morgan fingerprint density at radius 2 is 2.29 bits per heavy atom. The Balaban J connectivity index is 1.61. The highest BCUT2D eigenvalue weighted by atomic mass is 32.1. The van der Waals surface area contributed by atoms with E-state index < -0.39 is 0 Å². The fourth-order valence-electron chi connectivity index (χ4n) is 2.19. The normalized spacial score (nSPS) is 25.2. The molecule has 0 aromatic carbocycles. The van der Waals surface area contributed by atoms with Crippen LogP contribution in [0.1, 0.15) is 43.7 Å². The van der Waals surface area contributed by atoms with Crippen molar-refractivity contribution in [2.24, 2.45) is 0 Å². The number of nitrogens with one attached hydrogen (secondary N) is 2. The van der Waals surface area contributed by atoms with Crippen molar-refractivity contribution in [2.75, 3.05) is 11.9 Å². The van der Waals surface area contributed by atoms with Crippen LogP contribution in [0.2, 0.25) is 0 Å². The molecular weight excluding hydrogens is 234 g/mol. The molecule has 1 aromatic rings. The van der Waals surface area contributed by atoms with E-state index in [2.05, 4.69) is 21.0 Å². The Labute approximate surface area is 105 Å². The molecule has 3 rings (SSSR count). The predicted molar refractivity (Wildman–Crippen MR) is 68.4 cm³/mol. The molecule has 0 bridgehead atoms. The van der Waals surface area contributed by atoms with Gasteiger partial charge in [-0.3, -0.25) is 4.79 Å². The second-order valence-electron chi connectivity index (χ2n) is 4.89. The number of thiazole rings is 1. The van der Waals surface area contributed by atoms with Crippen molar-refractivity contribution < 1.29 is 4.79 Å². The number of carbonyl (C=O) groups is 1. The van der Waals surface area contributed by atoms with Crippen LogP contribution in [-0.4, -0.2) is 23.5 Å². The Morgan fingerprint density at radius 3 is 3.12 bits per heavy atom. The third kappa shape index (κ3) is 2.77. The van der Waals surface area contributed by atoms with Gasteiger partial charge in [0, 0.05) is 30.3 Å². The number of amides is 1. The molecule has 1 atom stereocenters. The van der Waals surface area contributed by atoms with Crippen LogP contribution in [0.3, 0.4) is 0 Å². The van der Waals surface area contributed by atoms with Gasteiger partial charge in [0.1, 0.15) is 0 Å². The summed E-state index contributed by atoms with van der Waals surface area (Å²) in [6, 6.07) is 0.246. The molecule has 1 amide bonds. The minimum absolute atomic E-state index is 0.152. The molecule has 2 N–H and O–H groups in total. The maximum Gasteiger partial charge on any atom is 0.222 e. The van der Waals surface area contributed by atoms with Crippen molar-refractivity contribution in [3.63, 3.8) is 0 Å². The summed E-state index contributed by atoms with van der Waals surface area (Å²) in [7, 11) is 0. The zero-order chi connectivity index (χ0) is 11.7. The van der Waals surface area contributed by atoms with Gasteiger partial charge < -0.3 is 10.6 Å². The molecule has 2 aliphatic rings. The van der Waals surface area contributed by atoms with Crippen molar-refractivity contribution >= 4 is 22.4 Å². The second-order valence-corrected chi connectivity index (χ2v) is 5.75. The summed E-state index contributed by atoms with van der Waals surface area (Å²) in [6.45, 7) is 0.808. The molecule has 1 aromatic heterocycles. The van der Waals surface area contributed by atoms with E-state index in [1.54, 1.807) is 11.3 Å². The van der Waals surface area contributed by atoms with Crippen molar-refractivity contribution in [3.05, 3.63) is 11.1 Å². The largest absolute Gasteiger partial charge is 0.358 e. The zero-order valence-electron chi connectivity index (χ0n) is 9.74. The van der Waals surface area contributed by atoms with Crippen molar-refractivity contribution in [1.29, 1.82) is 0 Å². The standard InChI is InChI=1S/C12H17N3OS/c16-11-6-9(2-1-5-13-11)14-12-15-10(7-17-12)8-3-4-8/h7-9H,1-6H2,(H,13,16)(H,14,15). The van der Waals surface area contributed by atoms with Gasteiger partial charge in [-0.25, -0.2) is 4.98 Å². The number of hydrogen-bond acceptors (Lipinski definition) is 4. The molecule has 1 aliphatic heterocycles. The van der Waals surface area contributed by atoms with E-state index in [1.165, 1.54) is 18.5 Å². The Morgan fingerprint density at radius 1 is 1.41 bits per heavy atom. The second kappa shape index (κ2) is 4.64. The van der Waals surface area contributed by atoms with Gasteiger partial charge in [-0.2, -0.15) is 0 Å². The molecule has 5 heteroatoms. The first kappa shape index (κ1) is 11.0. The molecule has 1 saturated carbocycles. The minimum atomic E-state index is 0.152. The monoisotopic (exact) mass is 251 g/mol. The van der Waals surface area contributed by atoms with Crippen LogP contribution in [0.25, 0.3) is 0 Å². The van der Waals surface area contributed by atoms with Gasteiger partial charge in [-0.05, 0) is 25.7 Å². The number of carbonyl (C=O) groups excluding carboxylic acids is 1. The summed E-state index contributed by atoms with van der Waals surface area (Å²) in [5, 5.41) is 9.43. The zero-order valence-corrected chi connectivity index (χ0v) is 10.6. The van der Waals surface area contributed by atoms with Crippen LogP contribution in [0.15, 0.2) is 5.38 Å². The van der Waals surface area contributed by atoms with Crippen molar-refractivity contribution in [3.8, 4) is 0 Å². The maximum absolute atomic E-state index is 11.4. The van der Waals surface area contributed by atoms with E-state index in [1.807, 2.05) is 0 Å². The summed E-state index contributed by atoms with van der Waals surface area (Å²) in [5.41, 5.74) is 1.23. The lowest BCUT2D eigenvalue weighted by molar-refractivity contribution is -0.120. The number of nitrogens with zero attached hydrogens (tertiary/aromatic N) is 1. The van der Waals surface area contributed by atoms with Gasteiger partial charge in [0.05, 0.1) is 5.69 Å². The number of anilines is 1. The van der Waals surface area contributed by atoms with E-state index >= 15 is 0 Å². The Hall–Kier alpha value is -1.10. The quantitative estimate of drug-likeness (QED) is 0.865. The SMILES string of the molecule is O=C1CC(Nc2nc(C3CC3)cs2)CCCN1. The molecule has 1 saturated heterocycles. The smallest absolute Gasteiger partial charge is 0.222 e. The van der Waals surface area contributed by atoms with E-state index in [0.717, 1.165) is 24.5 Å². The van der Waals surface area contributed by atoms with Gasteiger partial charge in [0.15, 0.2) is 5.13 Å². The number of rotatable bonds is 3. The van der Waals surface area contributed by atoms with Gasteiger partial charge in [-0.15, -0.1) is 11.3 Å². The highest BCUT2D eigenvalue weighted by Crippen LogP contribution is 2.41. The fourth-order valence-corrected chi connectivity index (χ4v) is 3.06. The molecule has 2 fully saturated rings. The lowest BCUT2D eigenvalue weighted by Crippen LogP contribution is -2.26. The van der Waals surface area contributed by atoms with Crippen LogP contribution in [0, 0.1) is 0 Å². The summed E-state index contributed by atoms with van der Waals surface area (Å²) < 4.78 is 0. The first-order valence-corrected chi connectivity index (χ1v) is 7.18. The molecular formula is C12H17N3OS. The highest BCUT2D eigenvalue weighted by Gasteiger charge is 2.26. The van der Waals surface area contributed by atoms with E-state index in [9.17, 15) is 4.79 Å². The third-order valence-electron chi connectivity index (χ3n) is 3.33. The molecule has 2 heterocycles. The first-order chi connectivity index (χ1) is 8.31. The first-order valence-electron chi connectivity index (χ1n) is 6.30. The Kier molecular flexibility index (Phi) is 3.01. The van der Waals surface area contributed by atoms with Crippen LogP contribution in [-0.2, 0) is 4.79 Å². The fraction of sp³-hybridized carbons (Fsp3) is 0.667. The number of hydrogen-bond donors (Lipinski definition) is 2. The maximum atomic E-state index is 11.4. The van der Waals surface area contributed by atoms with Gasteiger partial charge in [-0.1, -0.05) is 0 Å². The third-order valence-corrected chi connectivity index (χ3v) is 4.12. The van der Waals surface area contributed by atoms with Gasteiger partial charge in [0.2, 0.25) is 5.91 Å². The van der Waals surface area contributed by atoms with E-state index in [4.69, 9.17) is 0 Å². The summed E-state index contributed by atoms with van der Waals surface area (Å²) in [4.78, 5) is 16.0. The lowest BCUT2D eigenvalue weighted by Gasteiger charge is -2.13. The van der Waals surface area contributed by atoms with Crippen LogP contribution in [0.5, 0.6) is 0 Å². The molecule has 0 radical (unpaired) electrons. The van der Waals surface area contributed by atoms with Crippen molar-refractivity contribution in [2.45, 2.75) is 44.1 Å². The Bertz CT molecular complexity index is 414. The summed E-state index contributed by atoms with van der Waals surface area (Å²) >= 11 is 1.67. The molecule has 1 aliphatic carbocycles. The molecule has 17 heavy (non-hydrogen) atoms. The van der Waals surface area contributed by atoms with E-state index in [0.29, 0.717) is 12.3 Å². The lowest BCUT2D eigenvalue weighted by atomic mass is 10.1. The van der Waals surface area contributed by atoms with Crippen LogP contribution in [0.4, 0.5) is 5.13 Å². The molecule has 4 nitrogen and oxygen atoms in total. The van der Waals surface area contributed by atoms with Gasteiger partial charge in [0.25, 0.3) is 0 Å². The summed E-state index contributed by atoms with van der Waals surface area (Å²) in [5.74, 6) is 0.859. The topological polar surface area (TPSA) is 54.0 Å². The average Bonchev–Trinajstić information content (AvgIpc) is 3.08. The van der Waals surface area contributed by atoms with Crippen molar-refractivity contribution in [1.82, 2.24) is 10.3 Å². The van der Waals surface area contributed by atoms with Crippen LogP contribution < -0.4 is 10.6 Å². The van der Waals surface area contributed by atoms with Gasteiger partial charge >= 0.3 is 0 Å². The summed E-state index contributed by atoms with van der Waals surface area (Å²) in [6.07, 6.45) is 5.23. The molecule has 0 spiro atoms. The number of aromatic nitrogens is 1. The molecule has 92 valence electrons. The predicted octanol–water partition coefficient (Wildman–Crippen LogP) is 2.10. The minimum Gasteiger partial charge on any atom is -0.358 e. The van der Waals surface area contributed by atoms with E-state index in [-0.39, 0.29) is 11.9 Å². The molecule has 1 unspecified atom stereocenters. The van der Waals surface area contributed by atoms with Crippen LogP contribution >= 0.6 is 11.3 Å². The highest BCUT2D eigenvalue weighted by molar-refractivity contribution is 7.13.